The minimum absolute atomic E-state index is 0.130. The van der Waals surface area contributed by atoms with Crippen molar-refractivity contribution >= 4 is 23.5 Å². The van der Waals surface area contributed by atoms with Crippen molar-refractivity contribution in [3.63, 3.8) is 0 Å². The van der Waals surface area contributed by atoms with E-state index >= 15 is 0 Å². The Labute approximate surface area is 156 Å². The first-order chi connectivity index (χ1) is 12.8. The Morgan fingerprint density at radius 3 is 2.67 bits per heavy atom. The number of aromatic nitrogens is 4. The lowest BCUT2D eigenvalue weighted by Crippen LogP contribution is -2.45. The van der Waals surface area contributed by atoms with Crippen molar-refractivity contribution in [3.8, 4) is 0 Å². The average molecular weight is 373 g/mol. The van der Waals surface area contributed by atoms with E-state index in [0.717, 1.165) is 11.4 Å². The molecule has 0 spiro atoms. The molecule has 144 valence electrons. The molecule has 2 N–H and O–H groups in total. The van der Waals surface area contributed by atoms with Gasteiger partial charge in [0.1, 0.15) is 6.04 Å². The molecule has 2 atom stereocenters. The first-order valence-electron chi connectivity index (χ1n) is 8.87. The number of amides is 3. The molecule has 3 heterocycles. The predicted molar refractivity (Wildman–Crippen MR) is 96.0 cm³/mol. The van der Waals surface area contributed by atoms with E-state index < -0.39 is 11.9 Å². The van der Waals surface area contributed by atoms with E-state index in [-0.39, 0.29) is 30.2 Å². The van der Waals surface area contributed by atoms with Gasteiger partial charge in [-0.3, -0.25) is 18.8 Å². The summed E-state index contributed by atoms with van der Waals surface area (Å²) in [7, 11) is 0. The van der Waals surface area contributed by atoms with Crippen LogP contribution in [0.25, 0.3) is 5.78 Å². The van der Waals surface area contributed by atoms with Gasteiger partial charge in [0.2, 0.25) is 17.6 Å². The van der Waals surface area contributed by atoms with Crippen molar-refractivity contribution in [2.75, 3.05) is 13.1 Å². The van der Waals surface area contributed by atoms with Crippen LogP contribution in [0.1, 0.15) is 42.3 Å². The first-order valence-corrected chi connectivity index (χ1v) is 8.87. The molecule has 0 aromatic carbocycles. The summed E-state index contributed by atoms with van der Waals surface area (Å²) in [5.41, 5.74) is 1.58. The van der Waals surface area contributed by atoms with Crippen LogP contribution in [0.3, 0.4) is 0 Å². The summed E-state index contributed by atoms with van der Waals surface area (Å²) in [5, 5.41) is 13.5. The second kappa shape index (κ2) is 7.29. The van der Waals surface area contributed by atoms with Crippen LogP contribution in [-0.2, 0) is 9.59 Å². The topological polar surface area (TPSA) is 122 Å². The van der Waals surface area contributed by atoms with Crippen molar-refractivity contribution in [2.24, 2.45) is 0 Å². The van der Waals surface area contributed by atoms with Gasteiger partial charge in [-0.05, 0) is 33.3 Å². The molecule has 3 amide bonds. The van der Waals surface area contributed by atoms with Gasteiger partial charge in [0.25, 0.3) is 11.7 Å². The molecule has 1 saturated heterocycles. The lowest BCUT2D eigenvalue weighted by Gasteiger charge is -2.21. The molecule has 10 nitrogen and oxygen atoms in total. The number of nitrogens with zero attached hydrogens (tertiary/aromatic N) is 5. The standard InChI is InChI=1S/C17H23N7O3/c1-5-18-15(26)13-7-12(8-23(13)11(4)25)20-16(27)14-21-22-17-19-9(2)6-10(3)24(14)17/h6,12-13H,5,7-8H2,1-4H3,(H,18,26)(H,20,27)/t12-,13+/m1/s1. The number of likely N-dealkylation sites (N-methyl/N-ethyl adjacent to an activating group) is 1. The Morgan fingerprint density at radius 1 is 1.26 bits per heavy atom. The average Bonchev–Trinajstić information content (AvgIpc) is 3.19. The smallest absolute Gasteiger partial charge is 0.289 e. The summed E-state index contributed by atoms with van der Waals surface area (Å²) in [6.07, 6.45) is 0.351. The van der Waals surface area contributed by atoms with Crippen molar-refractivity contribution < 1.29 is 14.4 Å². The van der Waals surface area contributed by atoms with E-state index in [2.05, 4.69) is 25.8 Å². The van der Waals surface area contributed by atoms with Crippen LogP contribution in [0.4, 0.5) is 0 Å². The third-order valence-corrected chi connectivity index (χ3v) is 4.59. The predicted octanol–water partition coefficient (Wildman–Crippen LogP) is -0.404. The van der Waals surface area contributed by atoms with Crippen LogP contribution in [-0.4, -0.2) is 67.4 Å². The number of hydrogen-bond donors (Lipinski definition) is 2. The molecule has 0 unspecified atom stereocenters. The lowest BCUT2D eigenvalue weighted by molar-refractivity contribution is -0.136. The molecule has 0 saturated carbocycles. The van der Waals surface area contributed by atoms with Crippen molar-refractivity contribution in [3.05, 3.63) is 23.3 Å². The zero-order valence-corrected chi connectivity index (χ0v) is 15.8. The van der Waals surface area contributed by atoms with Crippen molar-refractivity contribution in [1.29, 1.82) is 0 Å². The summed E-state index contributed by atoms with van der Waals surface area (Å²) in [5.74, 6) is -0.346. The molecule has 0 radical (unpaired) electrons. The molecular formula is C17H23N7O3. The third-order valence-electron chi connectivity index (χ3n) is 4.59. The third kappa shape index (κ3) is 3.60. The molecule has 3 rings (SSSR count). The van der Waals surface area contributed by atoms with E-state index in [1.165, 1.54) is 11.8 Å². The summed E-state index contributed by atoms with van der Waals surface area (Å²) < 4.78 is 1.58. The van der Waals surface area contributed by atoms with Crippen LogP contribution in [0, 0.1) is 13.8 Å². The zero-order chi connectivity index (χ0) is 19.7. The molecule has 1 aliphatic rings. The van der Waals surface area contributed by atoms with E-state index in [1.54, 1.807) is 4.40 Å². The highest BCUT2D eigenvalue weighted by Gasteiger charge is 2.39. The highest BCUT2D eigenvalue weighted by Crippen LogP contribution is 2.19. The second-order valence-electron chi connectivity index (χ2n) is 6.69. The van der Waals surface area contributed by atoms with Gasteiger partial charge >= 0.3 is 0 Å². The number of nitrogens with one attached hydrogen (secondary N) is 2. The van der Waals surface area contributed by atoms with Gasteiger partial charge in [0.05, 0.1) is 0 Å². The van der Waals surface area contributed by atoms with E-state index in [4.69, 9.17) is 0 Å². The van der Waals surface area contributed by atoms with E-state index in [1.807, 2.05) is 26.8 Å². The summed E-state index contributed by atoms with van der Waals surface area (Å²) in [4.78, 5) is 42.6. The largest absolute Gasteiger partial charge is 0.355 e. The van der Waals surface area contributed by atoms with Gasteiger partial charge in [-0.15, -0.1) is 10.2 Å². The number of carbonyl (C=O) groups is 3. The second-order valence-corrected chi connectivity index (χ2v) is 6.69. The number of likely N-dealkylation sites (tertiary alicyclic amines) is 1. The van der Waals surface area contributed by atoms with Crippen molar-refractivity contribution in [1.82, 2.24) is 35.1 Å². The normalized spacial score (nSPS) is 19.3. The lowest BCUT2D eigenvalue weighted by atomic mass is 10.1. The van der Waals surface area contributed by atoms with Crippen LogP contribution in [0.15, 0.2) is 6.07 Å². The van der Waals surface area contributed by atoms with Gasteiger partial charge in [-0.1, -0.05) is 0 Å². The summed E-state index contributed by atoms with van der Waals surface area (Å²) in [6.45, 7) is 7.68. The van der Waals surface area contributed by atoms with Gasteiger partial charge in [0, 0.05) is 37.4 Å². The Balaban J connectivity index is 1.79. The Bertz CT molecular complexity index is 907. The minimum Gasteiger partial charge on any atom is -0.355 e. The molecule has 27 heavy (non-hydrogen) atoms. The molecule has 0 aliphatic carbocycles. The fraction of sp³-hybridized carbons (Fsp3) is 0.529. The van der Waals surface area contributed by atoms with Gasteiger partial charge in [-0.25, -0.2) is 4.98 Å². The highest BCUT2D eigenvalue weighted by atomic mass is 16.2. The number of rotatable bonds is 4. The Morgan fingerprint density at radius 2 is 2.00 bits per heavy atom. The maximum atomic E-state index is 12.7. The van der Waals surface area contributed by atoms with Crippen molar-refractivity contribution in [2.45, 2.75) is 46.2 Å². The molecule has 1 fully saturated rings. The van der Waals surface area contributed by atoms with Crippen LogP contribution >= 0.6 is 0 Å². The number of aryl methyl sites for hydroxylation is 2. The number of carbonyl (C=O) groups excluding carboxylic acids is 3. The SMILES string of the molecule is CCNC(=O)[C@@H]1C[C@@H](NC(=O)c2nnc3nc(C)cc(C)n23)CN1C(C)=O. The maximum absolute atomic E-state index is 12.7. The maximum Gasteiger partial charge on any atom is 0.289 e. The number of fused-ring (bicyclic) bond motifs is 1. The monoisotopic (exact) mass is 373 g/mol. The number of hydrogen-bond acceptors (Lipinski definition) is 6. The fourth-order valence-corrected chi connectivity index (χ4v) is 3.46. The minimum atomic E-state index is -0.589. The summed E-state index contributed by atoms with van der Waals surface area (Å²) >= 11 is 0. The molecule has 2 aromatic heterocycles. The highest BCUT2D eigenvalue weighted by molar-refractivity contribution is 5.92. The molecule has 0 bridgehead atoms. The quantitative estimate of drug-likeness (QED) is 0.752. The van der Waals surface area contributed by atoms with Crippen LogP contribution in [0.2, 0.25) is 0 Å². The first kappa shape index (κ1) is 18.7. The molecular weight excluding hydrogens is 350 g/mol. The van der Waals surface area contributed by atoms with Crippen LogP contribution in [0.5, 0.6) is 0 Å². The molecule has 1 aliphatic heterocycles. The van der Waals surface area contributed by atoms with E-state index in [0.29, 0.717) is 18.7 Å². The van der Waals surface area contributed by atoms with Gasteiger partial charge in [0.15, 0.2) is 0 Å². The zero-order valence-electron chi connectivity index (χ0n) is 15.8. The fourth-order valence-electron chi connectivity index (χ4n) is 3.46. The molecule has 10 heteroatoms. The Kier molecular flexibility index (Phi) is 5.06. The summed E-state index contributed by atoms with van der Waals surface area (Å²) in [6, 6.07) is 0.903. The van der Waals surface area contributed by atoms with Gasteiger partial charge in [-0.2, -0.15) is 0 Å². The van der Waals surface area contributed by atoms with Gasteiger partial charge < -0.3 is 15.5 Å². The van der Waals surface area contributed by atoms with Crippen LogP contribution < -0.4 is 10.6 Å². The Hall–Kier alpha value is -3.04. The molecule has 2 aromatic rings. The van der Waals surface area contributed by atoms with E-state index in [9.17, 15) is 14.4 Å².